The Kier molecular flexibility index (Phi) is 6.74. The van der Waals surface area contributed by atoms with Crippen LogP contribution in [0.25, 0.3) is 21.5 Å². The highest BCUT2D eigenvalue weighted by Gasteiger charge is 2.20. The Bertz CT molecular complexity index is 942. The molecule has 0 N–H and O–H groups in total. The number of ketones is 2. The highest BCUT2D eigenvalue weighted by Crippen LogP contribution is 2.30. The predicted molar refractivity (Wildman–Crippen MR) is 119 cm³/mol. The van der Waals surface area contributed by atoms with Crippen molar-refractivity contribution in [3.05, 3.63) is 59.7 Å². The highest BCUT2D eigenvalue weighted by molar-refractivity contribution is 6.19. The first-order chi connectivity index (χ1) is 13.5. The number of hydrogen-bond acceptors (Lipinski definition) is 2. The van der Waals surface area contributed by atoms with Gasteiger partial charge < -0.3 is 0 Å². The van der Waals surface area contributed by atoms with E-state index in [4.69, 9.17) is 23.2 Å². The summed E-state index contributed by atoms with van der Waals surface area (Å²) in [6.45, 7) is 3.83. The number of carbonyl (C=O) groups is 2. The molecule has 0 bridgehead atoms. The Morgan fingerprint density at radius 3 is 1.50 bits per heavy atom. The van der Waals surface area contributed by atoms with Gasteiger partial charge in [0.25, 0.3) is 0 Å². The summed E-state index contributed by atoms with van der Waals surface area (Å²) in [6, 6.07) is 15.6. The van der Waals surface area contributed by atoms with Crippen LogP contribution < -0.4 is 0 Å². The molecule has 0 aliphatic heterocycles. The first-order valence-electron chi connectivity index (χ1n) is 9.63. The molecule has 3 rings (SSSR count). The molecule has 0 heterocycles. The molecule has 146 valence electrons. The van der Waals surface area contributed by atoms with Crippen LogP contribution in [-0.2, 0) is 0 Å². The second kappa shape index (κ2) is 9.07. The molecule has 0 saturated carbocycles. The van der Waals surface area contributed by atoms with Gasteiger partial charge >= 0.3 is 0 Å². The van der Waals surface area contributed by atoms with Crippen molar-refractivity contribution in [2.75, 3.05) is 11.8 Å². The predicted octanol–water partition coefficient (Wildman–Crippen LogP) is 6.89. The van der Waals surface area contributed by atoms with Gasteiger partial charge in [-0.3, -0.25) is 9.59 Å². The molecule has 0 saturated heterocycles. The molecule has 4 heteroatoms. The normalized spacial score (nSPS) is 13.6. The molecule has 3 aromatic rings. The number of fused-ring (bicyclic) bond motifs is 2. The van der Waals surface area contributed by atoms with E-state index in [0.717, 1.165) is 21.5 Å². The van der Waals surface area contributed by atoms with Gasteiger partial charge in [0.05, 0.1) is 0 Å². The van der Waals surface area contributed by atoms with E-state index in [1.807, 2.05) is 62.4 Å². The third-order valence-corrected chi connectivity index (χ3v) is 5.83. The van der Waals surface area contributed by atoms with Crippen molar-refractivity contribution in [2.45, 2.75) is 26.7 Å². The molecule has 0 aliphatic rings. The fourth-order valence-corrected chi connectivity index (χ4v) is 4.26. The van der Waals surface area contributed by atoms with Gasteiger partial charge in [-0.25, -0.2) is 0 Å². The minimum atomic E-state index is -0.122. The topological polar surface area (TPSA) is 34.1 Å². The summed E-state index contributed by atoms with van der Waals surface area (Å²) in [5.41, 5.74) is 1.42. The summed E-state index contributed by atoms with van der Waals surface area (Å²) in [5.74, 6) is 0.896. The van der Waals surface area contributed by atoms with Crippen LogP contribution in [0, 0.1) is 11.8 Å². The van der Waals surface area contributed by atoms with Crippen LogP contribution in [-0.4, -0.2) is 23.3 Å². The summed E-state index contributed by atoms with van der Waals surface area (Å²) < 4.78 is 0. The molecule has 2 nitrogen and oxygen atoms in total. The molecule has 0 aliphatic carbocycles. The van der Waals surface area contributed by atoms with Crippen LogP contribution in [0.1, 0.15) is 47.4 Å². The van der Waals surface area contributed by atoms with Crippen LogP contribution in [0.4, 0.5) is 0 Å². The molecular weight excluding hydrogens is 391 g/mol. The lowest BCUT2D eigenvalue weighted by Crippen LogP contribution is -2.13. The Morgan fingerprint density at radius 1 is 0.750 bits per heavy atom. The average molecular weight is 415 g/mol. The van der Waals surface area contributed by atoms with Gasteiger partial charge in [0.2, 0.25) is 0 Å². The van der Waals surface area contributed by atoms with Gasteiger partial charge in [-0.05, 0) is 46.5 Å². The van der Waals surface area contributed by atoms with E-state index < -0.39 is 0 Å². The van der Waals surface area contributed by atoms with Crippen molar-refractivity contribution < 1.29 is 9.59 Å². The van der Waals surface area contributed by atoms with Crippen molar-refractivity contribution in [1.29, 1.82) is 0 Å². The molecule has 28 heavy (non-hydrogen) atoms. The maximum absolute atomic E-state index is 12.9. The number of alkyl halides is 2. The minimum absolute atomic E-state index is 0.105. The quantitative estimate of drug-likeness (QED) is 0.228. The standard InChI is InChI=1S/C24H24Cl2O2/c1-15(9-11-25)23(27)19-7-3-5-17-14-22-18(13-21(17)19)6-4-8-20(22)24(28)16(2)10-12-26/h3-8,13-16H,9-12H2,1-2H3. The minimum Gasteiger partial charge on any atom is -0.294 e. The smallest absolute Gasteiger partial charge is 0.166 e. The Hall–Kier alpha value is -1.90. The summed E-state index contributed by atoms with van der Waals surface area (Å²) in [5, 5.41) is 3.75. The molecule has 2 atom stereocenters. The monoisotopic (exact) mass is 414 g/mol. The van der Waals surface area contributed by atoms with Gasteiger partial charge in [0, 0.05) is 34.7 Å². The van der Waals surface area contributed by atoms with E-state index in [2.05, 4.69) is 0 Å². The Balaban J connectivity index is 2.15. The van der Waals surface area contributed by atoms with Crippen LogP contribution in [0.5, 0.6) is 0 Å². The second-order valence-corrected chi connectivity index (χ2v) is 8.15. The van der Waals surface area contributed by atoms with Gasteiger partial charge in [0.1, 0.15) is 0 Å². The Labute approximate surface area is 175 Å². The van der Waals surface area contributed by atoms with Crippen molar-refractivity contribution >= 4 is 56.3 Å². The second-order valence-electron chi connectivity index (χ2n) is 7.39. The van der Waals surface area contributed by atoms with Gasteiger partial charge in [-0.15, -0.1) is 23.2 Å². The van der Waals surface area contributed by atoms with E-state index in [-0.39, 0.29) is 23.4 Å². The van der Waals surface area contributed by atoms with Gasteiger partial charge in [0.15, 0.2) is 11.6 Å². The molecule has 2 unspecified atom stereocenters. The molecular formula is C24H24Cl2O2. The van der Waals surface area contributed by atoms with Crippen LogP contribution >= 0.6 is 23.2 Å². The van der Waals surface area contributed by atoms with Gasteiger partial charge in [-0.2, -0.15) is 0 Å². The Morgan fingerprint density at radius 2 is 1.14 bits per heavy atom. The summed E-state index contributed by atoms with van der Waals surface area (Å²) in [4.78, 5) is 25.8. The number of rotatable bonds is 8. The van der Waals surface area contributed by atoms with E-state index in [9.17, 15) is 9.59 Å². The zero-order valence-electron chi connectivity index (χ0n) is 16.2. The summed E-state index contributed by atoms with van der Waals surface area (Å²) in [6.07, 6.45) is 1.31. The lowest BCUT2D eigenvalue weighted by Gasteiger charge is -2.14. The number of benzene rings is 3. The van der Waals surface area contributed by atoms with Crippen LogP contribution in [0.2, 0.25) is 0 Å². The zero-order chi connectivity index (χ0) is 20.3. The van der Waals surface area contributed by atoms with E-state index >= 15 is 0 Å². The SMILES string of the molecule is CC(CCCl)C(=O)c1cccc2cc3c(C(=O)C(C)CCCl)cccc3cc12. The zero-order valence-corrected chi connectivity index (χ0v) is 17.7. The van der Waals surface area contributed by atoms with Crippen molar-refractivity contribution in [1.82, 2.24) is 0 Å². The van der Waals surface area contributed by atoms with Crippen molar-refractivity contribution in [3.8, 4) is 0 Å². The maximum atomic E-state index is 12.9. The third kappa shape index (κ3) is 4.09. The lowest BCUT2D eigenvalue weighted by molar-refractivity contribution is 0.0922. The van der Waals surface area contributed by atoms with Crippen molar-refractivity contribution in [2.24, 2.45) is 11.8 Å². The summed E-state index contributed by atoms with van der Waals surface area (Å²) >= 11 is 11.7. The average Bonchev–Trinajstić information content (AvgIpc) is 2.70. The molecule has 0 spiro atoms. The summed E-state index contributed by atoms with van der Waals surface area (Å²) in [7, 11) is 0. The third-order valence-electron chi connectivity index (χ3n) is 5.39. The maximum Gasteiger partial charge on any atom is 0.166 e. The van der Waals surface area contributed by atoms with Crippen LogP contribution in [0.15, 0.2) is 48.5 Å². The molecule has 3 aromatic carbocycles. The van der Waals surface area contributed by atoms with Crippen molar-refractivity contribution in [3.63, 3.8) is 0 Å². The van der Waals surface area contributed by atoms with Crippen LogP contribution in [0.3, 0.4) is 0 Å². The van der Waals surface area contributed by atoms with E-state index in [1.54, 1.807) is 0 Å². The molecule has 0 fully saturated rings. The number of Topliss-reactive ketones (excluding diaryl/α,β-unsaturated/α-hetero) is 2. The number of halogens is 2. The lowest BCUT2D eigenvalue weighted by atomic mass is 9.89. The first kappa shape index (κ1) is 20.8. The largest absolute Gasteiger partial charge is 0.294 e. The fraction of sp³-hybridized carbons (Fsp3) is 0.333. The molecule has 0 aromatic heterocycles. The number of hydrogen-bond donors (Lipinski definition) is 0. The molecule has 0 amide bonds. The van der Waals surface area contributed by atoms with Gasteiger partial charge in [-0.1, -0.05) is 50.2 Å². The fourth-order valence-electron chi connectivity index (χ4n) is 3.60. The van der Waals surface area contributed by atoms with E-state index in [1.165, 1.54) is 0 Å². The molecule has 0 radical (unpaired) electrons. The number of carbonyl (C=O) groups excluding carboxylic acids is 2. The highest BCUT2D eigenvalue weighted by atomic mass is 35.5. The van der Waals surface area contributed by atoms with E-state index in [0.29, 0.717) is 35.7 Å². The first-order valence-corrected chi connectivity index (χ1v) is 10.7.